The molecule has 1 fully saturated rings. The molecular weight excluding hydrogens is 406 g/mol. The maximum absolute atomic E-state index is 13.0. The molecule has 1 aromatic carbocycles. The molecule has 0 spiro atoms. The average Bonchev–Trinajstić information content (AvgIpc) is 2.66. The number of aliphatic hydroxyl groups excluding tert-OH is 2. The maximum Gasteiger partial charge on any atom is 0.273 e. The highest BCUT2D eigenvalue weighted by Gasteiger charge is 2.43. The monoisotopic (exact) mass is 427 g/mol. The summed E-state index contributed by atoms with van der Waals surface area (Å²) in [5.74, 6) is -1.32. The molecule has 1 saturated heterocycles. The number of benzene rings is 1. The number of para-hydroxylation sites is 1. The number of thioether (sulfide) groups is 1. The van der Waals surface area contributed by atoms with Crippen LogP contribution in [0.25, 0.3) is 0 Å². The fourth-order valence-corrected chi connectivity index (χ4v) is 4.54. The minimum atomic E-state index is -1.03. The van der Waals surface area contributed by atoms with Gasteiger partial charge in [0.2, 0.25) is 5.91 Å². The lowest BCUT2D eigenvalue weighted by molar-refractivity contribution is -0.385. The zero-order chi connectivity index (χ0) is 20.8. The molecule has 28 heavy (non-hydrogen) atoms. The summed E-state index contributed by atoms with van der Waals surface area (Å²) in [5, 5.41) is 31.7. The van der Waals surface area contributed by atoms with Crippen molar-refractivity contribution in [2.24, 2.45) is 5.92 Å². The maximum atomic E-state index is 13.0. The lowest BCUT2D eigenvalue weighted by atomic mass is 10.0. The summed E-state index contributed by atoms with van der Waals surface area (Å²) in [6.45, 7) is 0.966. The van der Waals surface area contributed by atoms with E-state index in [2.05, 4.69) is 5.32 Å². The second-order valence-corrected chi connectivity index (χ2v) is 8.08. The number of aliphatic hydroxyl groups is 2. The van der Waals surface area contributed by atoms with Crippen LogP contribution in [0, 0.1) is 16.0 Å². The SMILES string of the molecule is CC(=O)N[C@@H]1C(=O)N(CCC(CO)CO)C(=S)S[C@H]1c1ccccc1[N+](=O)[O-]. The zero-order valence-corrected chi connectivity index (χ0v) is 16.7. The van der Waals surface area contributed by atoms with Crippen molar-refractivity contribution in [3.05, 3.63) is 39.9 Å². The molecule has 3 N–H and O–H groups in total. The Hall–Kier alpha value is -2.08. The summed E-state index contributed by atoms with van der Waals surface area (Å²) in [5.41, 5.74) is 0.148. The first-order chi connectivity index (χ1) is 13.3. The van der Waals surface area contributed by atoms with Crippen molar-refractivity contribution in [1.82, 2.24) is 10.2 Å². The summed E-state index contributed by atoms with van der Waals surface area (Å²) in [6.07, 6.45) is 0.322. The first-order valence-corrected chi connectivity index (χ1v) is 9.83. The number of thiocarbonyl (C=S) groups is 1. The van der Waals surface area contributed by atoms with Crippen LogP contribution < -0.4 is 5.32 Å². The topological polar surface area (TPSA) is 133 Å². The Labute approximate surface area is 171 Å². The van der Waals surface area contributed by atoms with Crippen LogP contribution in [0.4, 0.5) is 5.69 Å². The molecule has 0 radical (unpaired) electrons. The van der Waals surface area contributed by atoms with E-state index in [-0.39, 0.29) is 29.8 Å². The standard InChI is InChI=1S/C17H21N3O6S2/c1-10(23)18-14-15(12-4-2-3-5-13(12)20(25)26)28-17(27)19(16(14)24)7-6-11(8-21)9-22/h2-5,11,14-15,21-22H,6-9H2,1H3,(H,18,23)/t14-,15-/m0/s1. The zero-order valence-electron chi connectivity index (χ0n) is 15.1. The average molecular weight is 428 g/mol. The van der Waals surface area contributed by atoms with Crippen molar-refractivity contribution < 1.29 is 24.7 Å². The van der Waals surface area contributed by atoms with Crippen LogP contribution in [-0.4, -0.2) is 62.0 Å². The molecule has 152 valence electrons. The van der Waals surface area contributed by atoms with Crippen molar-refractivity contribution in [2.45, 2.75) is 24.6 Å². The molecule has 0 unspecified atom stereocenters. The number of nitrogens with zero attached hydrogens (tertiary/aromatic N) is 2. The minimum absolute atomic E-state index is 0.153. The van der Waals surface area contributed by atoms with E-state index >= 15 is 0 Å². The molecule has 1 heterocycles. The molecule has 2 rings (SSSR count). The first kappa shape index (κ1) is 22.2. The van der Waals surface area contributed by atoms with Gasteiger partial charge in [-0.05, 0) is 6.42 Å². The van der Waals surface area contributed by atoms with Gasteiger partial charge in [-0.15, -0.1) is 0 Å². The fraction of sp³-hybridized carbons (Fsp3) is 0.471. The summed E-state index contributed by atoms with van der Waals surface area (Å²) in [6, 6.07) is 5.01. The van der Waals surface area contributed by atoms with Gasteiger partial charge in [-0.2, -0.15) is 0 Å². The van der Waals surface area contributed by atoms with E-state index < -0.39 is 33.9 Å². The molecule has 0 aromatic heterocycles. The van der Waals surface area contributed by atoms with Crippen LogP contribution in [0.1, 0.15) is 24.2 Å². The number of hydrogen-bond donors (Lipinski definition) is 3. The summed E-state index contributed by atoms with van der Waals surface area (Å²) in [4.78, 5) is 36.9. The second-order valence-electron chi connectivity index (χ2n) is 6.31. The molecule has 1 aromatic rings. The Bertz CT molecular complexity index is 771. The van der Waals surface area contributed by atoms with Gasteiger partial charge < -0.3 is 15.5 Å². The van der Waals surface area contributed by atoms with Gasteiger partial charge in [0.05, 0.1) is 10.2 Å². The van der Waals surface area contributed by atoms with E-state index in [1.807, 2.05) is 0 Å². The Balaban J connectivity index is 2.34. The molecule has 2 amide bonds. The van der Waals surface area contributed by atoms with Gasteiger partial charge >= 0.3 is 0 Å². The van der Waals surface area contributed by atoms with E-state index in [9.17, 15) is 29.9 Å². The van der Waals surface area contributed by atoms with Gasteiger partial charge in [0.1, 0.15) is 10.4 Å². The first-order valence-electron chi connectivity index (χ1n) is 8.54. The highest BCUT2D eigenvalue weighted by Crippen LogP contribution is 2.42. The molecule has 0 bridgehead atoms. The van der Waals surface area contributed by atoms with E-state index in [0.717, 1.165) is 11.8 Å². The molecule has 1 aliphatic heterocycles. The van der Waals surface area contributed by atoms with Crippen molar-refractivity contribution in [3.63, 3.8) is 0 Å². The number of amides is 2. The van der Waals surface area contributed by atoms with E-state index in [1.54, 1.807) is 12.1 Å². The highest BCUT2D eigenvalue weighted by molar-refractivity contribution is 8.23. The van der Waals surface area contributed by atoms with Crippen LogP contribution in [0.15, 0.2) is 24.3 Å². The van der Waals surface area contributed by atoms with Crippen LogP contribution in [0.5, 0.6) is 0 Å². The third-order valence-electron chi connectivity index (χ3n) is 4.36. The van der Waals surface area contributed by atoms with Crippen molar-refractivity contribution in [1.29, 1.82) is 0 Å². The number of rotatable bonds is 8. The van der Waals surface area contributed by atoms with Crippen molar-refractivity contribution in [3.8, 4) is 0 Å². The van der Waals surface area contributed by atoms with Crippen LogP contribution >= 0.6 is 24.0 Å². The number of nitro groups is 1. The van der Waals surface area contributed by atoms with Gasteiger partial charge in [-0.25, -0.2) is 0 Å². The Kier molecular flexibility index (Phi) is 7.87. The molecule has 0 aliphatic carbocycles. The normalized spacial score (nSPS) is 19.8. The summed E-state index contributed by atoms with van der Waals surface area (Å²) < 4.78 is 0.226. The number of nitrogens with one attached hydrogen (secondary N) is 1. The van der Waals surface area contributed by atoms with E-state index in [4.69, 9.17) is 12.2 Å². The second kappa shape index (κ2) is 9.92. The predicted molar refractivity (Wildman–Crippen MR) is 108 cm³/mol. The molecule has 1 aliphatic rings. The number of carbonyl (C=O) groups is 2. The third-order valence-corrected chi connectivity index (χ3v) is 6.07. The lowest BCUT2D eigenvalue weighted by Gasteiger charge is -2.38. The Morgan fingerprint density at radius 3 is 2.61 bits per heavy atom. The molecule has 11 heteroatoms. The van der Waals surface area contributed by atoms with Gasteiger partial charge in [-0.1, -0.05) is 42.2 Å². The third kappa shape index (κ3) is 5.04. The van der Waals surface area contributed by atoms with Crippen LogP contribution in [-0.2, 0) is 9.59 Å². The lowest BCUT2D eigenvalue weighted by Crippen LogP contribution is -2.55. The number of nitro benzene ring substituents is 1. The molecule has 0 saturated carbocycles. The molecular formula is C17H21N3O6S2. The number of carbonyl (C=O) groups excluding carboxylic acids is 2. The minimum Gasteiger partial charge on any atom is -0.396 e. The number of hydrogen-bond acceptors (Lipinski definition) is 8. The van der Waals surface area contributed by atoms with Gasteiger partial charge in [0, 0.05) is 44.2 Å². The van der Waals surface area contributed by atoms with Crippen molar-refractivity contribution >= 4 is 45.8 Å². The van der Waals surface area contributed by atoms with Gasteiger partial charge in [-0.3, -0.25) is 24.6 Å². The van der Waals surface area contributed by atoms with Gasteiger partial charge in [0.25, 0.3) is 11.6 Å². The van der Waals surface area contributed by atoms with Crippen LogP contribution in [0.3, 0.4) is 0 Å². The molecule has 9 nitrogen and oxygen atoms in total. The van der Waals surface area contributed by atoms with Crippen LogP contribution in [0.2, 0.25) is 0 Å². The fourth-order valence-electron chi connectivity index (χ4n) is 2.87. The largest absolute Gasteiger partial charge is 0.396 e. The highest BCUT2D eigenvalue weighted by atomic mass is 32.2. The van der Waals surface area contributed by atoms with Crippen molar-refractivity contribution in [2.75, 3.05) is 19.8 Å². The van der Waals surface area contributed by atoms with E-state index in [1.165, 1.54) is 24.0 Å². The smallest absolute Gasteiger partial charge is 0.273 e. The van der Waals surface area contributed by atoms with Gasteiger partial charge in [0.15, 0.2) is 0 Å². The summed E-state index contributed by atoms with van der Waals surface area (Å²) in [7, 11) is 0. The summed E-state index contributed by atoms with van der Waals surface area (Å²) >= 11 is 6.43. The Morgan fingerprint density at radius 1 is 1.39 bits per heavy atom. The quantitative estimate of drug-likeness (QED) is 0.318. The van der Waals surface area contributed by atoms with E-state index in [0.29, 0.717) is 12.0 Å². The predicted octanol–water partition coefficient (Wildman–Crippen LogP) is 0.992. The molecule has 2 atom stereocenters. The Morgan fingerprint density at radius 2 is 2.04 bits per heavy atom.